The Bertz CT molecular complexity index is 309. The van der Waals surface area contributed by atoms with Gasteiger partial charge in [-0.1, -0.05) is 6.08 Å². The maximum atomic E-state index is 9.91. The number of aliphatic carboxylic acids is 3. The van der Waals surface area contributed by atoms with Crippen LogP contribution in [-0.2, 0) is 14.4 Å². The molecule has 82 valence electrons. The summed E-state index contributed by atoms with van der Waals surface area (Å²) in [4.78, 5) is 29.0. The lowest BCUT2D eigenvalue weighted by Gasteiger charge is -2.06. The fourth-order valence-electron chi connectivity index (χ4n) is 0.625. The third-order valence-corrected chi connectivity index (χ3v) is 1.45. The van der Waals surface area contributed by atoms with Crippen LogP contribution in [0.3, 0.4) is 0 Å². The Morgan fingerprint density at radius 1 is 1.07 bits per heavy atom. The minimum absolute atomic E-state index is 0.558. The zero-order chi connectivity index (χ0) is 11.8. The highest BCUT2D eigenvalue weighted by Crippen LogP contribution is 2.16. The van der Waals surface area contributed by atoms with E-state index >= 15 is 0 Å². The molecule has 0 heterocycles. The molecule has 0 fully saturated rings. The molecule has 0 bridgehead atoms. The fourth-order valence-corrected chi connectivity index (χ4v) is 0.625. The first-order valence-corrected chi connectivity index (χ1v) is 3.99. The molecule has 0 unspecified atom stereocenters. The fraction of sp³-hybridized carbons (Fsp3) is 0.222. The van der Waals surface area contributed by atoms with E-state index in [1.165, 1.54) is 0 Å². The second kappa shape index (κ2) is 6.36. The molecule has 0 saturated carbocycles. The summed E-state index contributed by atoms with van der Waals surface area (Å²) in [6, 6.07) is 0. The Balaban J connectivity index is 0.000000262. The van der Waals surface area contributed by atoms with Crippen LogP contribution in [0.2, 0.25) is 0 Å². The highest BCUT2D eigenvalue weighted by atomic mass is 16.4. The van der Waals surface area contributed by atoms with Crippen molar-refractivity contribution in [3.8, 4) is 0 Å². The summed E-state index contributed by atoms with van der Waals surface area (Å²) in [6.07, 6.45) is 4.56. The second-order valence-electron chi connectivity index (χ2n) is 2.58. The van der Waals surface area contributed by atoms with Gasteiger partial charge in [0.1, 0.15) is 0 Å². The van der Waals surface area contributed by atoms with E-state index in [9.17, 15) is 14.4 Å². The molecule has 3 N–H and O–H groups in total. The lowest BCUT2D eigenvalue weighted by atomic mass is 10.00. The molecule has 0 atom stereocenters. The number of carbonyl (C=O) groups is 3. The molecule has 0 radical (unpaired) electrons. The molecule has 0 spiro atoms. The first-order valence-electron chi connectivity index (χ1n) is 3.99. The molecule has 15 heavy (non-hydrogen) atoms. The summed E-state index contributed by atoms with van der Waals surface area (Å²) < 4.78 is 0. The van der Waals surface area contributed by atoms with Crippen LogP contribution in [0.25, 0.3) is 0 Å². The van der Waals surface area contributed by atoms with Gasteiger partial charge in [-0.15, -0.1) is 0 Å². The Morgan fingerprint density at radius 3 is 1.53 bits per heavy atom. The van der Waals surface area contributed by atoms with Gasteiger partial charge in [-0.25, -0.2) is 14.4 Å². The van der Waals surface area contributed by atoms with Crippen molar-refractivity contribution in [2.45, 2.75) is 12.8 Å². The van der Waals surface area contributed by atoms with Crippen molar-refractivity contribution < 1.29 is 29.7 Å². The number of hydrogen-bond acceptors (Lipinski definition) is 3. The molecule has 0 aromatic carbocycles. The third-order valence-electron chi connectivity index (χ3n) is 1.45. The third kappa shape index (κ3) is 7.00. The maximum absolute atomic E-state index is 9.91. The van der Waals surface area contributed by atoms with E-state index < -0.39 is 17.9 Å². The minimum atomic E-state index is -1.26. The predicted octanol–water partition coefficient (Wildman–Crippen LogP) is 0.503. The van der Waals surface area contributed by atoms with Crippen LogP contribution in [0, 0.1) is 0 Å². The molecule has 6 heteroatoms. The van der Waals surface area contributed by atoms with E-state index in [-0.39, 0.29) is 0 Å². The highest BCUT2D eigenvalue weighted by molar-refractivity contribution is 5.89. The van der Waals surface area contributed by atoms with Crippen molar-refractivity contribution in [2.24, 2.45) is 0 Å². The van der Waals surface area contributed by atoms with Gasteiger partial charge in [-0.3, -0.25) is 0 Å². The lowest BCUT2D eigenvalue weighted by molar-refractivity contribution is -0.134. The molecule has 0 amide bonds. The van der Waals surface area contributed by atoms with Crippen molar-refractivity contribution in [3.63, 3.8) is 0 Å². The summed E-state index contributed by atoms with van der Waals surface area (Å²) in [5.74, 6) is -3.27. The van der Waals surface area contributed by atoms with E-state index in [4.69, 9.17) is 15.3 Å². The average molecular weight is 214 g/mol. The Labute approximate surface area is 85.1 Å². The van der Waals surface area contributed by atoms with Crippen molar-refractivity contribution in [3.05, 3.63) is 23.8 Å². The predicted molar refractivity (Wildman–Crippen MR) is 49.4 cm³/mol. The van der Waals surface area contributed by atoms with Crippen LogP contribution in [0.5, 0.6) is 0 Å². The molecule has 6 nitrogen and oxygen atoms in total. The SMILES string of the molecule is O=C(O)/C=C\C(=O)O.O=C(O)C1=CCC1. The first kappa shape index (κ1) is 12.9. The highest BCUT2D eigenvalue weighted by Gasteiger charge is 2.11. The molecule has 0 aromatic rings. The molecule has 0 aromatic heterocycles. The van der Waals surface area contributed by atoms with Crippen molar-refractivity contribution in [1.29, 1.82) is 0 Å². The number of hydrogen-bond donors (Lipinski definition) is 3. The minimum Gasteiger partial charge on any atom is -0.478 e. The van der Waals surface area contributed by atoms with Gasteiger partial charge in [0, 0.05) is 17.7 Å². The lowest BCUT2D eigenvalue weighted by Crippen LogP contribution is -2.05. The molecular formula is C9H10O6. The van der Waals surface area contributed by atoms with Gasteiger partial charge >= 0.3 is 17.9 Å². The summed E-state index contributed by atoms with van der Waals surface area (Å²) in [5, 5.41) is 23.8. The van der Waals surface area contributed by atoms with Crippen molar-refractivity contribution in [1.82, 2.24) is 0 Å². The van der Waals surface area contributed by atoms with Crippen LogP contribution in [0.4, 0.5) is 0 Å². The molecule has 0 aliphatic heterocycles. The van der Waals surface area contributed by atoms with Crippen LogP contribution < -0.4 is 0 Å². The summed E-state index contributed by atoms with van der Waals surface area (Å²) >= 11 is 0. The van der Waals surface area contributed by atoms with Gasteiger partial charge in [0.2, 0.25) is 0 Å². The van der Waals surface area contributed by atoms with Crippen LogP contribution >= 0.6 is 0 Å². The van der Waals surface area contributed by atoms with E-state index in [2.05, 4.69) is 0 Å². The second-order valence-corrected chi connectivity index (χ2v) is 2.58. The number of carboxylic acids is 3. The molecule has 1 rings (SSSR count). The number of allylic oxidation sites excluding steroid dienone is 1. The molecular weight excluding hydrogens is 204 g/mol. The maximum Gasteiger partial charge on any atom is 0.331 e. The zero-order valence-electron chi connectivity index (χ0n) is 7.71. The van der Waals surface area contributed by atoms with Crippen LogP contribution in [0.1, 0.15) is 12.8 Å². The topological polar surface area (TPSA) is 112 Å². The standard InChI is InChI=1S/C5H6O2.C4H4O4/c6-5(7)4-2-1-3-4;5-3(6)1-2-4(7)8/h2H,1,3H2,(H,6,7);1-2H,(H,5,6)(H,7,8)/b;2-1-. The quantitative estimate of drug-likeness (QED) is 0.590. The van der Waals surface area contributed by atoms with Gasteiger partial charge in [0.05, 0.1) is 0 Å². The summed E-state index contributed by atoms with van der Waals surface area (Å²) in [6.45, 7) is 0. The molecule has 0 saturated heterocycles. The largest absolute Gasteiger partial charge is 0.478 e. The first-order chi connectivity index (χ1) is 6.93. The smallest absolute Gasteiger partial charge is 0.331 e. The van der Waals surface area contributed by atoms with Crippen LogP contribution in [-0.4, -0.2) is 33.2 Å². The van der Waals surface area contributed by atoms with Gasteiger partial charge in [0.25, 0.3) is 0 Å². The Kier molecular flexibility index (Phi) is 5.47. The van der Waals surface area contributed by atoms with Crippen LogP contribution in [0.15, 0.2) is 23.8 Å². The van der Waals surface area contributed by atoms with E-state index in [0.717, 1.165) is 12.8 Å². The summed E-state index contributed by atoms with van der Waals surface area (Å²) in [5.41, 5.74) is 0.569. The van der Waals surface area contributed by atoms with Gasteiger partial charge in [-0.05, 0) is 12.8 Å². The van der Waals surface area contributed by atoms with Gasteiger partial charge < -0.3 is 15.3 Å². The zero-order valence-corrected chi connectivity index (χ0v) is 7.71. The number of carboxylic acid groups (broad SMARTS) is 3. The number of rotatable bonds is 3. The van der Waals surface area contributed by atoms with Gasteiger partial charge in [0.15, 0.2) is 0 Å². The Morgan fingerprint density at radius 2 is 1.47 bits per heavy atom. The van der Waals surface area contributed by atoms with Gasteiger partial charge in [-0.2, -0.15) is 0 Å². The van der Waals surface area contributed by atoms with E-state index in [1.807, 2.05) is 0 Å². The van der Waals surface area contributed by atoms with Crippen molar-refractivity contribution >= 4 is 17.9 Å². The monoisotopic (exact) mass is 214 g/mol. The molecule has 1 aliphatic rings. The molecule has 1 aliphatic carbocycles. The van der Waals surface area contributed by atoms with E-state index in [1.54, 1.807) is 6.08 Å². The average Bonchev–Trinajstić information content (AvgIpc) is 1.97. The summed E-state index contributed by atoms with van der Waals surface area (Å²) in [7, 11) is 0. The Hall–Kier alpha value is -2.11. The normalized spacial score (nSPS) is 13.2. The van der Waals surface area contributed by atoms with E-state index in [0.29, 0.717) is 17.7 Å². The van der Waals surface area contributed by atoms with Crippen molar-refractivity contribution in [2.75, 3.05) is 0 Å².